The van der Waals surface area contributed by atoms with E-state index in [9.17, 15) is 8.78 Å². The Bertz CT molecular complexity index is 466. The summed E-state index contributed by atoms with van der Waals surface area (Å²) < 4.78 is 31.2. The maximum absolute atomic E-state index is 13.4. The van der Waals surface area contributed by atoms with Crippen LogP contribution in [0.25, 0.3) is 11.1 Å². The number of hydrogen-bond donors (Lipinski definition) is 0. The van der Waals surface area contributed by atoms with Crippen molar-refractivity contribution in [1.29, 1.82) is 0 Å². The largest absolute Gasteiger partial charge is 0.364 e. The topological polar surface area (TPSA) is 26.0 Å². The summed E-state index contributed by atoms with van der Waals surface area (Å²) in [5, 5.41) is 3.48. The van der Waals surface area contributed by atoms with Gasteiger partial charge in [-0.05, 0) is 18.1 Å². The molecule has 0 atom stereocenters. The molecule has 2 rings (SSSR count). The molecule has 78 valence electrons. The molecule has 0 radical (unpaired) electrons. The predicted octanol–water partition coefficient (Wildman–Crippen LogP) is 3.18. The van der Waals surface area contributed by atoms with Crippen LogP contribution in [0, 0.1) is 11.6 Å². The molecule has 2 aromatic rings. The SMILES string of the molecule is CCc1cc(-c2cnoc2)c(F)cc1F. The number of benzene rings is 1. The van der Waals surface area contributed by atoms with Crippen molar-refractivity contribution >= 4 is 0 Å². The van der Waals surface area contributed by atoms with E-state index in [0.717, 1.165) is 6.07 Å². The third-order valence-electron chi connectivity index (χ3n) is 2.26. The molecule has 1 aromatic carbocycles. The van der Waals surface area contributed by atoms with E-state index in [4.69, 9.17) is 0 Å². The third kappa shape index (κ3) is 1.75. The minimum Gasteiger partial charge on any atom is -0.364 e. The Morgan fingerprint density at radius 1 is 1.27 bits per heavy atom. The van der Waals surface area contributed by atoms with E-state index in [0.29, 0.717) is 23.1 Å². The molecule has 1 aromatic heterocycles. The van der Waals surface area contributed by atoms with E-state index in [1.165, 1.54) is 18.5 Å². The molecular weight excluding hydrogens is 200 g/mol. The normalized spacial score (nSPS) is 10.6. The number of halogens is 2. The van der Waals surface area contributed by atoms with Crippen molar-refractivity contribution in [3.63, 3.8) is 0 Å². The lowest BCUT2D eigenvalue weighted by molar-refractivity contribution is 0.420. The molecule has 2 nitrogen and oxygen atoms in total. The van der Waals surface area contributed by atoms with Crippen LogP contribution >= 0.6 is 0 Å². The maximum Gasteiger partial charge on any atom is 0.134 e. The number of hydrogen-bond acceptors (Lipinski definition) is 2. The molecule has 0 aliphatic heterocycles. The molecule has 0 unspecified atom stereocenters. The number of aryl methyl sites for hydroxylation is 1. The van der Waals surface area contributed by atoms with Gasteiger partial charge in [0.1, 0.15) is 17.9 Å². The van der Waals surface area contributed by atoms with Crippen LogP contribution in [0.2, 0.25) is 0 Å². The van der Waals surface area contributed by atoms with Crippen molar-refractivity contribution in [2.24, 2.45) is 0 Å². The highest BCUT2D eigenvalue weighted by atomic mass is 19.1. The van der Waals surface area contributed by atoms with Crippen molar-refractivity contribution in [2.45, 2.75) is 13.3 Å². The summed E-state index contributed by atoms with van der Waals surface area (Å²) in [4.78, 5) is 0. The van der Waals surface area contributed by atoms with Crippen LogP contribution in [0.15, 0.2) is 29.1 Å². The fourth-order valence-corrected chi connectivity index (χ4v) is 1.42. The van der Waals surface area contributed by atoms with Gasteiger partial charge in [-0.2, -0.15) is 0 Å². The van der Waals surface area contributed by atoms with Gasteiger partial charge in [0.25, 0.3) is 0 Å². The van der Waals surface area contributed by atoms with Crippen molar-refractivity contribution in [1.82, 2.24) is 5.16 Å². The van der Waals surface area contributed by atoms with Crippen molar-refractivity contribution in [2.75, 3.05) is 0 Å². The van der Waals surface area contributed by atoms with Crippen molar-refractivity contribution in [3.8, 4) is 11.1 Å². The van der Waals surface area contributed by atoms with Gasteiger partial charge in [-0.3, -0.25) is 0 Å². The van der Waals surface area contributed by atoms with Crippen molar-refractivity contribution < 1.29 is 13.3 Å². The quantitative estimate of drug-likeness (QED) is 0.759. The molecule has 0 bridgehead atoms. The Labute approximate surface area is 85.5 Å². The summed E-state index contributed by atoms with van der Waals surface area (Å²) >= 11 is 0. The highest BCUT2D eigenvalue weighted by molar-refractivity contribution is 5.62. The van der Waals surface area contributed by atoms with Crippen LogP contribution in [0.3, 0.4) is 0 Å². The van der Waals surface area contributed by atoms with Crippen LogP contribution in [-0.2, 0) is 6.42 Å². The fourth-order valence-electron chi connectivity index (χ4n) is 1.42. The standard InChI is InChI=1S/C11H9F2NO/c1-2-7-3-9(8-5-14-15-6-8)11(13)4-10(7)12/h3-6H,2H2,1H3. The van der Waals surface area contributed by atoms with Crippen LogP contribution in [-0.4, -0.2) is 5.16 Å². The minimum atomic E-state index is -0.604. The average molecular weight is 209 g/mol. The first-order chi connectivity index (χ1) is 7.22. The molecule has 0 aliphatic rings. The van der Waals surface area contributed by atoms with Crippen LogP contribution in [0.1, 0.15) is 12.5 Å². The molecule has 0 aliphatic carbocycles. The monoisotopic (exact) mass is 209 g/mol. The second kappa shape index (κ2) is 3.81. The highest BCUT2D eigenvalue weighted by Crippen LogP contribution is 2.25. The summed E-state index contributed by atoms with van der Waals surface area (Å²) in [6, 6.07) is 2.37. The lowest BCUT2D eigenvalue weighted by atomic mass is 10.0. The lowest BCUT2D eigenvalue weighted by Crippen LogP contribution is -1.92. The second-order valence-electron chi connectivity index (χ2n) is 3.19. The smallest absolute Gasteiger partial charge is 0.134 e. The Kier molecular flexibility index (Phi) is 2.49. The number of rotatable bonds is 2. The molecule has 15 heavy (non-hydrogen) atoms. The zero-order chi connectivity index (χ0) is 10.8. The molecule has 0 amide bonds. The number of nitrogens with zero attached hydrogens (tertiary/aromatic N) is 1. The molecule has 1 heterocycles. The average Bonchev–Trinajstić information content (AvgIpc) is 2.71. The van der Waals surface area contributed by atoms with Gasteiger partial charge >= 0.3 is 0 Å². The summed E-state index contributed by atoms with van der Waals surface area (Å²) in [7, 11) is 0. The van der Waals surface area contributed by atoms with Gasteiger partial charge in [0, 0.05) is 17.2 Å². The molecule has 0 fully saturated rings. The van der Waals surface area contributed by atoms with Gasteiger partial charge in [0.15, 0.2) is 0 Å². The van der Waals surface area contributed by atoms with Crippen LogP contribution < -0.4 is 0 Å². The Balaban J connectivity index is 2.57. The summed E-state index contributed by atoms with van der Waals surface area (Å²) in [5.74, 6) is -1.12. The zero-order valence-corrected chi connectivity index (χ0v) is 8.13. The minimum absolute atomic E-state index is 0.314. The van der Waals surface area contributed by atoms with Crippen LogP contribution in [0.4, 0.5) is 8.78 Å². The first-order valence-corrected chi connectivity index (χ1v) is 4.60. The van der Waals surface area contributed by atoms with E-state index < -0.39 is 11.6 Å². The first kappa shape index (κ1) is 9.83. The molecule has 0 saturated heterocycles. The van der Waals surface area contributed by atoms with E-state index in [1.807, 2.05) is 6.92 Å². The van der Waals surface area contributed by atoms with Gasteiger partial charge in [-0.1, -0.05) is 12.1 Å². The van der Waals surface area contributed by atoms with Gasteiger partial charge < -0.3 is 4.52 Å². The predicted molar refractivity (Wildman–Crippen MR) is 51.2 cm³/mol. The third-order valence-corrected chi connectivity index (χ3v) is 2.26. The fraction of sp³-hybridized carbons (Fsp3) is 0.182. The number of aromatic nitrogens is 1. The summed E-state index contributed by atoms with van der Waals surface area (Å²) in [6.45, 7) is 1.81. The van der Waals surface area contributed by atoms with Gasteiger partial charge in [0.2, 0.25) is 0 Å². The highest BCUT2D eigenvalue weighted by Gasteiger charge is 2.11. The molecule has 0 saturated carbocycles. The van der Waals surface area contributed by atoms with E-state index in [1.54, 1.807) is 0 Å². The first-order valence-electron chi connectivity index (χ1n) is 4.60. The lowest BCUT2D eigenvalue weighted by Gasteiger charge is -2.04. The summed E-state index contributed by atoms with van der Waals surface area (Å²) in [5.41, 5.74) is 1.31. The van der Waals surface area contributed by atoms with Gasteiger partial charge in [0.05, 0.1) is 6.20 Å². The van der Waals surface area contributed by atoms with Crippen molar-refractivity contribution in [3.05, 3.63) is 41.8 Å². The summed E-state index contributed by atoms with van der Waals surface area (Å²) in [6.07, 6.45) is 3.25. The van der Waals surface area contributed by atoms with E-state index >= 15 is 0 Å². The van der Waals surface area contributed by atoms with Gasteiger partial charge in [-0.15, -0.1) is 0 Å². The van der Waals surface area contributed by atoms with Gasteiger partial charge in [-0.25, -0.2) is 8.78 Å². The molecule has 0 spiro atoms. The Morgan fingerprint density at radius 2 is 2.07 bits per heavy atom. The molecule has 0 N–H and O–H groups in total. The van der Waals surface area contributed by atoms with E-state index in [-0.39, 0.29) is 0 Å². The van der Waals surface area contributed by atoms with E-state index in [2.05, 4.69) is 9.68 Å². The maximum atomic E-state index is 13.4. The Morgan fingerprint density at radius 3 is 2.67 bits per heavy atom. The zero-order valence-electron chi connectivity index (χ0n) is 8.13. The van der Waals surface area contributed by atoms with Crippen LogP contribution in [0.5, 0.6) is 0 Å². The second-order valence-corrected chi connectivity index (χ2v) is 3.19. The Hall–Kier alpha value is -1.71. The molecular formula is C11H9F2NO. The molecule has 4 heteroatoms.